The van der Waals surface area contributed by atoms with E-state index < -0.39 is 0 Å². The largest absolute Gasteiger partial charge is 0.356 e. The molecule has 0 amide bonds. The topological polar surface area (TPSA) is 26.3 Å². The molecule has 0 spiro atoms. The second-order valence-electron chi connectivity index (χ2n) is 5.07. The first-order valence-electron chi connectivity index (χ1n) is 6.25. The Morgan fingerprint density at radius 1 is 1.00 bits per heavy atom. The van der Waals surface area contributed by atoms with E-state index in [1.807, 2.05) is 24.3 Å². The fourth-order valence-corrected chi connectivity index (χ4v) is 3.41. The van der Waals surface area contributed by atoms with Crippen molar-refractivity contribution in [3.8, 4) is 0 Å². The lowest BCUT2D eigenvalue weighted by Gasteiger charge is -2.16. The van der Waals surface area contributed by atoms with Crippen LogP contribution in [-0.4, -0.2) is 5.78 Å². The Labute approximate surface area is 119 Å². The van der Waals surface area contributed by atoms with Crippen molar-refractivity contribution in [2.45, 2.75) is 19.1 Å². The number of halogens is 1. The zero-order chi connectivity index (χ0) is 13.1. The molecule has 19 heavy (non-hydrogen) atoms. The Morgan fingerprint density at radius 3 is 2.37 bits per heavy atom. The molecule has 3 heteroatoms. The minimum Gasteiger partial charge on any atom is -0.356 e. The van der Waals surface area contributed by atoms with Crippen LogP contribution in [0.25, 0.3) is 0 Å². The maximum atomic E-state index is 11.5. The summed E-state index contributed by atoms with van der Waals surface area (Å²) >= 11 is 3.50. The summed E-state index contributed by atoms with van der Waals surface area (Å²) in [5, 5.41) is 0. The molecule has 0 N–H and O–H groups in total. The Hall–Kier alpha value is -1.45. The summed E-state index contributed by atoms with van der Waals surface area (Å²) in [7, 11) is 0. The van der Waals surface area contributed by atoms with Crippen LogP contribution in [0.2, 0.25) is 0 Å². The standard InChI is InChI=1S/C16H11BrO2/c1-8(18)9-2-4-11-13(6-9)16-14-7-10(17)3-5-12(14)15(11)19-16/h2-7,15-16H,1H3/t15-,16+/m0/s1. The molecular weight excluding hydrogens is 304 g/mol. The van der Waals surface area contributed by atoms with E-state index in [2.05, 4.69) is 28.1 Å². The van der Waals surface area contributed by atoms with E-state index in [0.29, 0.717) is 0 Å². The van der Waals surface area contributed by atoms with Crippen molar-refractivity contribution in [3.05, 3.63) is 68.7 Å². The molecule has 2 heterocycles. The Balaban J connectivity index is 1.91. The van der Waals surface area contributed by atoms with Gasteiger partial charge in [0.05, 0.1) is 0 Å². The predicted octanol–water partition coefficient (Wildman–Crippen LogP) is 4.17. The maximum absolute atomic E-state index is 11.5. The second kappa shape index (κ2) is 3.78. The number of ether oxygens (including phenoxy) is 1. The number of carbonyl (C=O) groups excluding carboxylic acids is 1. The molecule has 94 valence electrons. The molecule has 2 aromatic carbocycles. The highest BCUT2D eigenvalue weighted by Gasteiger charge is 2.42. The highest BCUT2D eigenvalue weighted by molar-refractivity contribution is 9.10. The van der Waals surface area contributed by atoms with Crippen molar-refractivity contribution in [2.75, 3.05) is 0 Å². The summed E-state index contributed by atoms with van der Waals surface area (Å²) in [5.74, 6) is 0.0973. The smallest absolute Gasteiger partial charge is 0.159 e. The van der Waals surface area contributed by atoms with E-state index in [1.54, 1.807) is 6.92 Å². The first kappa shape index (κ1) is 11.4. The van der Waals surface area contributed by atoms with Crippen molar-refractivity contribution in [1.82, 2.24) is 0 Å². The Kier molecular flexibility index (Phi) is 2.26. The van der Waals surface area contributed by atoms with Crippen molar-refractivity contribution >= 4 is 21.7 Å². The molecule has 0 unspecified atom stereocenters. The van der Waals surface area contributed by atoms with E-state index >= 15 is 0 Å². The number of rotatable bonds is 1. The van der Waals surface area contributed by atoms with Crippen molar-refractivity contribution < 1.29 is 9.53 Å². The van der Waals surface area contributed by atoms with Crippen LogP contribution in [0.4, 0.5) is 0 Å². The molecule has 2 aliphatic rings. The molecule has 4 rings (SSSR count). The summed E-state index contributed by atoms with van der Waals surface area (Å²) in [6, 6.07) is 12.2. The highest BCUT2D eigenvalue weighted by Crippen LogP contribution is 2.54. The molecule has 0 aromatic heterocycles. The minimum atomic E-state index is -0.0215. The summed E-state index contributed by atoms with van der Waals surface area (Å²) in [6.07, 6.45) is 0.0101. The van der Waals surface area contributed by atoms with Gasteiger partial charge in [0.25, 0.3) is 0 Å². The lowest BCUT2D eigenvalue weighted by molar-refractivity contribution is 0.0857. The molecule has 2 bridgehead atoms. The van der Waals surface area contributed by atoms with Gasteiger partial charge in [-0.3, -0.25) is 4.79 Å². The average Bonchev–Trinajstić information content (AvgIpc) is 2.94. The second-order valence-corrected chi connectivity index (χ2v) is 5.98. The number of ketones is 1. The molecule has 2 aromatic rings. The van der Waals surface area contributed by atoms with Gasteiger partial charge in [-0.05, 0) is 47.4 Å². The van der Waals surface area contributed by atoms with Crippen molar-refractivity contribution in [1.29, 1.82) is 0 Å². The lowest BCUT2D eigenvalue weighted by atomic mass is 9.85. The van der Waals surface area contributed by atoms with Gasteiger partial charge in [0.2, 0.25) is 0 Å². The normalized spacial score (nSPS) is 22.2. The summed E-state index contributed by atoms with van der Waals surface area (Å²) < 4.78 is 7.13. The molecule has 0 aliphatic carbocycles. The minimum absolute atomic E-state index is 0.0215. The van der Waals surface area contributed by atoms with E-state index in [1.165, 1.54) is 16.7 Å². The van der Waals surface area contributed by atoms with Gasteiger partial charge in [-0.1, -0.05) is 34.1 Å². The van der Waals surface area contributed by atoms with Crippen molar-refractivity contribution in [2.24, 2.45) is 0 Å². The fraction of sp³-hybridized carbons (Fsp3) is 0.188. The van der Waals surface area contributed by atoms with E-state index in [4.69, 9.17) is 4.74 Å². The molecule has 2 atom stereocenters. The van der Waals surface area contributed by atoms with Gasteiger partial charge in [0.1, 0.15) is 12.2 Å². The van der Waals surface area contributed by atoms with Crippen LogP contribution in [0.15, 0.2) is 40.9 Å². The zero-order valence-electron chi connectivity index (χ0n) is 10.3. The quantitative estimate of drug-likeness (QED) is 0.738. The summed E-state index contributed by atoms with van der Waals surface area (Å²) in [6.45, 7) is 1.60. The molecule has 0 saturated heterocycles. The number of fused-ring (bicyclic) bond motifs is 8. The van der Waals surface area contributed by atoms with Crippen LogP contribution < -0.4 is 0 Å². The number of carbonyl (C=O) groups is 1. The van der Waals surface area contributed by atoms with E-state index in [9.17, 15) is 4.79 Å². The first-order valence-corrected chi connectivity index (χ1v) is 7.04. The van der Waals surface area contributed by atoms with Crippen LogP contribution in [0, 0.1) is 0 Å². The fourth-order valence-electron chi connectivity index (χ4n) is 3.04. The third-order valence-corrected chi connectivity index (χ3v) is 4.44. The predicted molar refractivity (Wildman–Crippen MR) is 75.4 cm³/mol. The number of benzene rings is 2. The number of Topliss-reactive ketones (excluding diaryl/α,β-unsaturated/α-hetero) is 1. The zero-order valence-corrected chi connectivity index (χ0v) is 11.9. The third-order valence-electron chi connectivity index (χ3n) is 3.94. The Morgan fingerprint density at radius 2 is 1.63 bits per heavy atom. The summed E-state index contributed by atoms with van der Waals surface area (Å²) in [4.78, 5) is 11.5. The number of hydrogen-bond acceptors (Lipinski definition) is 2. The first-order chi connectivity index (χ1) is 9.15. The molecular formula is C16H11BrO2. The van der Waals surface area contributed by atoms with Gasteiger partial charge < -0.3 is 4.74 Å². The monoisotopic (exact) mass is 314 g/mol. The average molecular weight is 315 g/mol. The van der Waals surface area contributed by atoms with Gasteiger partial charge in [0.15, 0.2) is 5.78 Å². The van der Waals surface area contributed by atoms with Gasteiger partial charge in [0, 0.05) is 10.0 Å². The highest BCUT2D eigenvalue weighted by atomic mass is 79.9. The summed E-state index contributed by atoms with van der Waals surface area (Å²) in [5.41, 5.74) is 5.56. The Bertz CT molecular complexity index is 721. The molecule has 0 radical (unpaired) electrons. The molecule has 2 nitrogen and oxygen atoms in total. The van der Waals surface area contributed by atoms with Crippen molar-refractivity contribution in [3.63, 3.8) is 0 Å². The van der Waals surface area contributed by atoms with Crippen LogP contribution >= 0.6 is 15.9 Å². The lowest BCUT2D eigenvalue weighted by Crippen LogP contribution is -2.05. The van der Waals surface area contributed by atoms with Crippen LogP contribution in [-0.2, 0) is 4.74 Å². The van der Waals surface area contributed by atoms with E-state index in [0.717, 1.165) is 15.6 Å². The molecule has 0 saturated carbocycles. The number of hydrogen-bond donors (Lipinski definition) is 0. The maximum Gasteiger partial charge on any atom is 0.159 e. The van der Waals surface area contributed by atoms with Crippen LogP contribution in [0.1, 0.15) is 51.7 Å². The third kappa shape index (κ3) is 1.49. The van der Waals surface area contributed by atoms with Gasteiger partial charge in [-0.2, -0.15) is 0 Å². The van der Waals surface area contributed by atoms with Crippen LogP contribution in [0.3, 0.4) is 0 Å². The SMILES string of the molecule is CC(=O)c1ccc2c(c1)[C@H]1O[C@@H]2c2ccc(Br)cc21. The van der Waals surface area contributed by atoms with Gasteiger partial charge >= 0.3 is 0 Å². The van der Waals surface area contributed by atoms with Gasteiger partial charge in [-0.15, -0.1) is 0 Å². The molecule has 0 fully saturated rings. The molecule has 2 aliphatic heterocycles. The van der Waals surface area contributed by atoms with Crippen LogP contribution in [0.5, 0.6) is 0 Å². The van der Waals surface area contributed by atoms with E-state index in [-0.39, 0.29) is 18.0 Å². The van der Waals surface area contributed by atoms with Gasteiger partial charge in [-0.25, -0.2) is 0 Å².